The summed E-state index contributed by atoms with van der Waals surface area (Å²) in [5.41, 5.74) is 2.55. The number of rotatable bonds is 1. The lowest BCUT2D eigenvalue weighted by Gasteiger charge is -2.06. The lowest BCUT2D eigenvalue weighted by molar-refractivity contribution is -0.383. The van der Waals surface area contributed by atoms with Crippen LogP contribution in [0.4, 0.5) is 5.69 Å². The van der Waals surface area contributed by atoms with Gasteiger partial charge in [0.15, 0.2) is 0 Å². The van der Waals surface area contributed by atoms with Gasteiger partial charge in [0, 0.05) is 11.5 Å². The summed E-state index contributed by atoms with van der Waals surface area (Å²) in [6, 6.07) is 12.7. The van der Waals surface area contributed by atoms with Gasteiger partial charge < -0.3 is 0 Å². The Hall–Kier alpha value is -2.49. The van der Waals surface area contributed by atoms with Gasteiger partial charge in [-0.05, 0) is 24.6 Å². The summed E-state index contributed by atoms with van der Waals surface area (Å²) in [7, 11) is 0. The first-order valence-electron chi connectivity index (χ1n) is 5.61. The number of nitro benzene ring substituents is 1. The fourth-order valence-corrected chi connectivity index (χ4v) is 2.31. The molecule has 0 aliphatic heterocycles. The number of fused-ring (bicyclic) bond motifs is 2. The second-order valence-corrected chi connectivity index (χ2v) is 4.18. The summed E-state index contributed by atoms with van der Waals surface area (Å²) in [5, 5.41) is 12.7. The number of hydrogen-bond donors (Lipinski definition) is 0. The molecule has 0 saturated carbocycles. The zero-order valence-electron chi connectivity index (χ0n) is 9.75. The number of benzene rings is 2. The summed E-state index contributed by atoms with van der Waals surface area (Å²) in [4.78, 5) is 15.2. The summed E-state index contributed by atoms with van der Waals surface area (Å²) < 4.78 is 0. The highest BCUT2D eigenvalue weighted by molar-refractivity contribution is 6.01. The number of non-ortho nitro benzene ring substituents is 1. The van der Waals surface area contributed by atoms with E-state index in [1.807, 2.05) is 37.3 Å². The topological polar surface area (TPSA) is 56.0 Å². The Morgan fingerprint density at radius 1 is 1.06 bits per heavy atom. The number of pyridine rings is 1. The van der Waals surface area contributed by atoms with Crippen molar-refractivity contribution in [3.63, 3.8) is 0 Å². The van der Waals surface area contributed by atoms with Crippen LogP contribution in [0.2, 0.25) is 0 Å². The lowest BCUT2D eigenvalue weighted by atomic mass is 10.0. The van der Waals surface area contributed by atoms with Crippen LogP contribution >= 0.6 is 0 Å². The minimum absolute atomic E-state index is 0.114. The minimum Gasteiger partial charge on any atom is -0.258 e. The fraction of sp³-hybridized carbons (Fsp3) is 0.0714. The third-order valence-corrected chi connectivity index (χ3v) is 3.14. The highest BCUT2D eigenvalue weighted by Crippen LogP contribution is 2.31. The summed E-state index contributed by atoms with van der Waals surface area (Å²) >= 11 is 0. The summed E-state index contributed by atoms with van der Waals surface area (Å²) in [6.45, 7) is 1.90. The molecule has 0 radical (unpaired) electrons. The number of hydrogen-bond acceptors (Lipinski definition) is 3. The SMILES string of the molecule is Cc1c2ccccc2nc2cccc([N+](=O)[O-])c12. The molecule has 0 atom stereocenters. The van der Waals surface area contributed by atoms with Crippen LogP contribution in [-0.4, -0.2) is 9.91 Å². The van der Waals surface area contributed by atoms with Gasteiger partial charge in [0.2, 0.25) is 0 Å². The zero-order valence-corrected chi connectivity index (χ0v) is 9.75. The molecule has 4 heteroatoms. The van der Waals surface area contributed by atoms with Crippen LogP contribution in [0.1, 0.15) is 5.56 Å². The molecule has 1 heterocycles. The van der Waals surface area contributed by atoms with Crippen molar-refractivity contribution in [2.75, 3.05) is 0 Å². The van der Waals surface area contributed by atoms with Crippen LogP contribution in [0, 0.1) is 17.0 Å². The predicted molar refractivity (Wildman–Crippen MR) is 70.6 cm³/mol. The van der Waals surface area contributed by atoms with E-state index in [1.54, 1.807) is 6.07 Å². The maximum Gasteiger partial charge on any atom is 0.279 e. The number of aromatic nitrogens is 1. The molecule has 3 rings (SSSR count). The van der Waals surface area contributed by atoms with Crippen LogP contribution in [0.25, 0.3) is 21.8 Å². The Labute approximate surface area is 103 Å². The molecule has 88 valence electrons. The predicted octanol–water partition coefficient (Wildman–Crippen LogP) is 3.60. The van der Waals surface area contributed by atoms with E-state index in [1.165, 1.54) is 6.07 Å². The van der Waals surface area contributed by atoms with Crippen molar-refractivity contribution >= 4 is 27.5 Å². The van der Waals surface area contributed by atoms with Gasteiger partial charge >= 0.3 is 0 Å². The first kappa shape index (κ1) is 10.7. The maximum atomic E-state index is 11.1. The molecule has 0 bridgehead atoms. The monoisotopic (exact) mass is 238 g/mol. The van der Waals surface area contributed by atoms with Gasteiger partial charge in [-0.15, -0.1) is 0 Å². The Morgan fingerprint density at radius 2 is 1.78 bits per heavy atom. The number of nitro groups is 1. The molecule has 18 heavy (non-hydrogen) atoms. The third-order valence-electron chi connectivity index (χ3n) is 3.14. The van der Waals surface area contributed by atoms with Gasteiger partial charge in [-0.2, -0.15) is 0 Å². The number of nitrogens with zero attached hydrogens (tertiary/aromatic N) is 2. The zero-order chi connectivity index (χ0) is 12.7. The molecule has 0 fully saturated rings. The molecule has 0 spiro atoms. The molecule has 2 aromatic carbocycles. The Kier molecular flexibility index (Phi) is 2.23. The first-order chi connectivity index (χ1) is 8.68. The lowest BCUT2D eigenvalue weighted by Crippen LogP contribution is -1.94. The van der Waals surface area contributed by atoms with Gasteiger partial charge in [-0.3, -0.25) is 10.1 Å². The highest BCUT2D eigenvalue weighted by atomic mass is 16.6. The molecule has 4 nitrogen and oxygen atoms in total. The number of para-hydroxylation sites is 1. The fourth-order valence-electron chi connectivity index (χ4n) is 2.31. The van der Waals surface area contributed by atoms with E-state index in [4.69, 9.17) is 0 Å². The summed E-state index contributed by atoms with van der Waals surface area (Å²) in [5.74, 6) is 0. The van der Waals surface area contributed by atoms with Crippen molar-refractivity contribution in [2.45, 2.75) is 6.92 Å². The van der Waals surface area contributed by atoms with E-state index < -0.39 is 0 Å². The molecule has 0 saturated heterocycles. The van der Waals surface area contributed by atoms with E-state index >= 15 is 0 Å². The third kappa shape index (κ3) is 1.43. The molecular weight excluding hydrogens is 228 g/mol. The molecule has 1 aromatic heterocycles. The molecule has 0 N–H and O–H groups in total. The van der Waals surface area contributed by atoms with Crippen molar-refractivity contribution in [3.05, 3.63) is 58.1 Å². The van der Waals surface area contributed by atoms with E-state index in [0.29, 0.717) is 10.9 Å². The quantitative estimate of drug-likeness (QED) is 0.369. The van der Waals surface area contributed by atoms with Crippen LogP contribution < -0.4 is 0 Å². The van der Waals surface area contributed by atoms with Gasteiger partial charge in [0.05, 0.1) is 21.3 Å². The van der Waals surface area contributed by atoms with Crippen LogP contribution in [0.15, 0.2) is 42.5 Å². The first-order valence-corrected chi connectivity index (χ1v) is 5.61. The number of aryl methyl sites for hydroxylation is 1. The van der Waals surface area contributed by atoms with Gasteiger partial charge in [0.25, 0.3) is 5.69 Å². The van der Waals surface area contributed by atoms with E-state index in [0.717, 1.165) is 16.5 Å². The van der Waals surface area contributed by atoms with Gasteiger partial charge in [-0.25, -0.2) is 4.98 Å². The Morgan fingerprint density at radius 3 is 2.56 bits per heavy atom. The van der Waals surface area contributed by atoms with Crippen LogP contribution in [0.3, 0.4) is 0 Å². The standard InChI is InChI=1S/C14H10N2O2/c1-9-10-5-2-3-6-11(10)15-12-7-4-8-13(14(9)12)16(17)18/h2-8H,1H3. The van der Waals surface area contributed by atoms with Crippen LogP contribution in [-0.2, 0) is 0 Å². The van der Waals surface area contributed by atoms with Gasteiger partial charge in [0.1, 0.15) is 0 Å². The normalized spacial score (nSPS) is 10.9. The highest BCUT2D eigenvalue weighted by Gasteiger charge is 2.16. The minimum atomic E-state index is -0.355. The van der Waals surface area contributed by atoms with Crippen molar-refractivity contribution in [2.24, 2.45) is 0 Å². The maximum absolute atomic E-state index is 11.1. The molecule has 3 aromatic rings. The Balaban J connectivity index is 2.57. The Bertz CT molecular complexity index is 781. The van der Waals surface area contributed by atoms with Crippen molar-refractivity contribution in [3.8, 4) is 0 Å². The molecule has 0 aliphatic carbocycles. The second-order valence-electron chi connectivity index (χ2n) is 4.18. The average molecular weight is 238 g/mol. The molecule has 0 amide bonds. The smallest absolute Gasteiger partial charge is 0.258 e. The molecule has 0 unspecified atom stereocenters. The van der Waals surface area contributed by atoms with E-state index in [-0.39, 0.29) is 10.6 Å². The molecular formula is C14H10N2O2. The van der Waals surface area contributed by atoms with Crippen molar-refractivity contribution in [1.29, 1.82) is 0 Å². The summed E-state index contributed by atoms with van der Waals surface area (Å²) in [6.07, 6.45) is 0. The second kappa shape index (κ2) is 3.77. The molecule has 0 aliphatic rings. The van der Waals surface area contributed by atoms with Gasteiger partial charge in [-0.1, -0.05) is 24.3 Å². The van der Waals surface area contributed by atoms with E-state index in [2.05, 4.69) is 4.98 Å². The average Bonchev–Trinajstić information content (AvgIpc) is 2.38. The van der Waals surface area contributed by atoms with E-state index in [9.17, 15) is 10.1 Å². The van der Waals surface area contributed by atoms with Crippen molar-refractivity contribution in [1.82, 2.24) is 4.98 Å². The van der Waals surface area contributed by atoms with Crippen molar-refractivity contribution < 1.29 is 4.92 Å². The van der Waals surface area contributed by atoms with Crippen LogP contribution in [0.5, 0.6) is 0 Å². The largest absolute Gasteiger partial charge is 0.279 e.